The molecule has 3 rings (SSSR count). The van der Waals surface area contributed by atoms with Gasteiger partial charge in [0, 0.05) is 18.7 Å². The van der Waals surface area contributed by atoms with Gasteiger partial charge < -0.3 is 19.3 Å². The summed E-state index contributed by atoms with van der Waals surface area (Å²) in [4.78, 5) is 15.0. The van der Waals surface area contributed by atoms with Crippen LogP contribution in [-0.2, 0) is 13.1 Å². The third kappa shape index (κ3) is 4.60. The van der Waals surface area contributed by atoms with Gasteiger partial charge >= 0.3 is 0 Å². The molecule has 1 saturated heterocycles. The molecule has 1 amide bonds. The number of piperidine rings is 1. The number of hydrogen-bond acceptors (Lipinski definition) is 6. The second-order valence-electron chi connectivity index (χ2n) is 6.77. The number of carbonyl (C=O) groups is 1. The summed E-state index contributed by atoms with van der Waals surface area (Å²) in [6.07, 6.45) is 3.67. The van der Waals surface area contributed by atoms with Gasteiger partial charge in [0.05, 0.1) is 14.2 Å². The number of carbonyl (C=O) groups excluding carboxylic acids is 1. The number of hydrogen-bond donors (Lipinski definition) is 1. The van der Waals surface area contributed by atoms with Crippen LogP contribution in [0.1, 0.15) is 46.6 Å². The lowest BCUT2D eigenvalue weighted by atomic mass is 10.1. The van der Waals surface area contributed by atoms with Gasteiger partial charge in [0.25, 0.3) is 5.91 Å². The number of aromatic nitrogens is 1. The van der Waals surface area contributed by atoms with Crippen LogP contribution >= 0.6 is 0 Å². The normalized spacial score (nSPS) is 14.8. The summed E-state index contributed by atoms with van der Waals surface area (Å²) in [5.41, 5.74) is 2.17. The zero-order valence-corrected chi connectivity index (χ0v) is 16.2. The molecular formula is C20H27N3O4. The van der Waals surface area contributed by atoms with Crippen molar-refractivity contribution in [2.45, 2.75) is 39.3 Å². The number of amides is 1. The molecule has 0 unspecified atom stereocenters. The summed E-state index contributed by atoms with van der Waals surface area (Å²) in [6, 6.07) is 5.56. The van der Waals surface area contributed by atoms with Gasteiger partial charge in [0.15, 0.2) is 17.2 Å². The summed E-state index contributed by atoms with van der Waals surface area (Å²) < 4.78 is 15.8. The van der Waals surface area contributed by atoms with Crippen LogP contribution in [0.5, 0.6) is 11.5 Å². The Bertz CT molecular complexity index is 782. The molecule has 1 aromatic heterocycles. The van der Waals surface area contributed by atoms with Crippen molar-refractivity contribution in [2.24, 2.45) is 0 Å². The fourth-order valence-electron chi connectivity index (χ4n) is 3.35. The van der Waals surface area contributed by atoms with Gasteiger partial charge in [-0.3, -0.25) is 9.69 Å². The van der Waals surface area contributed by atoms with Crippen LogP contribution in [-0.4, -0.2) is 43.3 Å². The molecule has 0 saturated carbocycles. The van der Waals surface area contributed by atoms with Crippen molar-refractivity contribution >= 4 is 5.91 Å². The monoisotopic (exact) mass is 373 g/mol. The second-order valence-corrected chi connectivity index (χ2v) is 6.77. The molecular weight excluding hydrogens is 346 g/mol. The molecule has 0 aliphatic carbocycles. The van der Waals surface area contributed by atoms with Gasteiger partial charge in [-0.05, 0) is 50.6 Å². The number of nitrogens with zero attached hydrogens (tertiary/aromatic N) is 2. The molecule has 0 atom stereocenters. The first-order valence-electron chi connectivity index (χ1n) is 9.29. The highest BCUT2D eigenvalue weighted by Crippen LogP contribution is 2.27. The lowest BCUT2D eigenvalue weighted by Gasteiger charge is -2.26. The molecule has 2 heterocycles. The third-order valence-corrected chi connectivity index (χ3v) is 4.93. The largest absolute Gasteiger partial charge is 0.493 e. The minimum Gasteiger partial charge on any atom is -0.493 e. The topological polar surface area (TPSA) is 76.8 Å². The van der Waals surface area contributed by atoms with Crippen molar-refractivity contribution < 1.29 is 18.8 Å². The van der Waals surface area contributed by atoms with Gasteiger partial charge in [-0.15, -0.1) is 0 Å². The van der Waals surface area contributed by atoms with Gasteiger partial charge in [0.2, 0.25) is 0 Å². The van der Waals surface area contributed by atoms with E-state index in [2.05, 4.69) is 15.4 Å². The van der Waals surface area contributed by atoms with Crippen molar-refractivity contribution in [3.05, 3.63) is 40.8 Å². The van der Waals surface area contributed by atoms with Gasteiger partial charge in [-0.2, -0.15) is 0 Å². The standard InChI is InChI=1S/C20H27N3O4/c1-14-16(13-23-9-5-4-6-10-23)19(22-27-14)20(24)21-12-15-7-8-17(25-2)18(11-15)26-3/h7-8,11H,4-6,9-10,12-13H2,1-3H3,(H,21,24). The fourth-order valence-corrected chi connectivity index (χ4v) is 3.35. The summed E-state index contributed by atoms with van der Waals surface area (Å²) in [7, 11) is 3.18. The Morgan fingerprint density at radius 3 is 2.63 bits per heavy atom. The predicted molar refractivity (Wildman–Crippen MR) is 101 cm³/mol. The molecule has 146 valence electrons. The Balaban J connectivity index is 1.66. The molecule has 2 aromatic rings. The first-order valence-corrected chi connectivity index (χ1v) is 9.29. The highest BCUT2D eigenvalue weighted by molar-refractivity contribution is 5.93. The quantitative estimate of drug-likeness (QED) is 0.804. The highest BCUT2D eigenvalue weighted by Gasteiger charge is 2.22. The molecule has 7 heteroatoms. The highest BCUT2D eigenvalue weighted by atomic mass is 16.5. The van der Waals surface area contributed by atoms with E-state index in [1.54, 1.807) is 14.2 Å². The number of rotatable bonds is 7. The molecule has 27 heavy (non-hydrogen) atoms. The lowest BCUT2D eigenvalue weighted by molar-refractivity contribution is 0.0939. The van der Waals surface area contributed by atoms with Crippen molar-refractivity contribution in [3.63, 3.8) is 0 Å². The minimum absolute atomic E-state index is 0.228. The smallest absolute Gasteiger partial charge is 0.274 e. The number of aryl methyl sites for hydroxylation is 1. The molecule has 1 aliphatic heterocycles. The maximum absolute atomic E-state index is 12.7. The Hall–Kier alpha value is -2.54. The van der Waals surface area contributed by atoms with E-state index in [1.807, 2.05) is 25.1 Å². The van der Waals surface area contributed by atoms with Gasteiger partial charge in [-0.25, -0.2) is 0 Å². The molecule has 1 aliphatic rings. The number of methoxy groups -OCH3 is 2. The molecule has 0 radical (unpaired) electrons. The maximum atomic E-state index is 12.7. The SMILES string of the molecule is COc1ccc(CNC(=O)c2noc(C)c2CN2CCCCC2)cc1OC. The summed E-state index contributed by atoms with van der Waals surface area (Å²) in [5.74, 6) is 1.77. The number of ether oxygens (including phenoxy) is 2. The fraction of sp³-hybridized carbons (Fsp3) is 0.500. The molecule has 1 aromatic carbocycles. The number of nitrogens with one attached hydrogen (secondary N) is 1. The third-order valence-electron chi connectivity index (χ3n) is 4.93. The van der Waals surface area contributed by atoms with E-state index in [0.29, 0.717) is 36.0 Å². The maximum Gasteiger partial charge on any atom is 0.274 e. The van der Waals surface area contributed by atoms with Crippen LogP contribution in [0.15, 0.2) is 22.7 Å². The van der Waals surface area contributed by atoms with E-state index in [9.17, 15) is 4.79 Å². The lowest BCUT2D eigenvalue weighted by Crippen LogP contribution is -2.31. The van der Waals surface area contributed by atoms with E-state index in [-0.39, 0.29) is 5.91 Å². The van der Waals surface area contributed by atoms with Crippen LogP contribution in [0.2, 0.25) is 0 Å². The Morgan fingerprint density at radius 2 is 1.93 bits per heavy atom. The van der Waals surface area contributed by atoms with Crippen molar-refractivity contribution in [3.8, 4) is 11.5 Å². The van der Waals surface area contributed by atoms with Crippen molar-refractivity contribution in [1.82, 2.24) is 15.4 Å². The molecule has 1 N–H and O–H groups in total. The Labute approximate surface area is 159 Å². The van der Waals surface area contributed by atoms with Gasteiger partial charge in [-0.1, -0.05) is 17.6 Å². The average Bonchev–Trinajstić information content (AvgIpc) is 3.07. The average molecular weight is 373 g/mol. The van der Waals surface area contributed by atoms with Crippen molar-refractivity contribution in [1.29, 1.82) is 0 Å². The van der Waals surface area contributed by atoms with E-state index in [0.717, 1.165) is 24.2 Å². The zero-order valence-electron chi connectivity index (χ0n) is 16.2. The second kappa shape index (κ2) is 8.90. The zero-order chi connectivity index (χ0) is 19.2. The molecule has 0 spiro atoms. The summed E-state index contributed by atoms with van der Waals surface area (Å²) in [5, 5.41) is 6.91. The number of likely N-dealkylation sites (tertiary alicyclic amines) is 1. The van der Waals surface area contributed by atoms with E-state index in [1.165, 1.54) is 19.3 Å². The Kier molecular flexibility index (Phi) is 6.34. The first-order chi connectivity index (χ1) is 13.1. The summed E-state index contributed by atoms with van der Waals surface area (Å²) in [6.45, 7) is 5.04. The Morgan fingerprint density at radius 1 is 1.19 bits per heavy atom. The van der Waals surface area contributed by atoms with Crippen LogP contribution < -0.4 is 14.8 Å². The first kappa shape index (κ1) is 19.2. The van der Waals surface area contributed by atoms with Gasteiger partial charge in [0.1, 0.15) is 5.76 Å². The van der Waals surface area contributed by atoms with Crippen LogP contribution in [0.3, 0.4) is 0 Å². The van der Waals surface area contributed by atoms with Crippen LogP contribution in [0, 0.1) is 6.92 Å². The summed E-state index contributed by atoms with van der Waals surface area (Å²) >= 11 is 0. The predicted octanol–water partition coefficient (Wildman–Crippen LogP) is 2.92. The molecule has 7 nitrogen and oxygen atoms in total. The molecule has 1 fully saturated rings. The van der Waals surface area contributed by atoms with E-state index >= 15 is 0 Å². The van der Waals surface area contributed by atoms with Crippen LogP contribution in [0.4, 0.5) is 0 Å². The molecule has 0 bridgehead atoms. The van der Waals surface area contributed by atoms with Crippen molar-refractivity contribution in [2.75, 3.05) is 27.3 Å². The van der Waals surface area contributed by atoms with Crippen LogP contribution in [0.25, 0.3) is 0 Å². The van der Waals surface area contributed by atoms with E-state index in [4.69, 9.17) is 14.0 Å². The van der Waals surface area contributed by atoms with E-state index < -0.39 is 0 Å². The minimum atomic E-state index is -0.228. The number of benzene rings is 1.